The highest BCUT2D eigenvalue weighted by molar-refractivity contribution is 6.02. The number of nitrogens with one attached hydrogen (secondary N) is 2. The van der Waals surface area contributed by atoms with Crippen molar-refractivity contribution in [3.63, 3.8) is 0 Å². The molecular weight excluding hydrogens is 392 g/mol. The molecule has 0 unspecified atom stereocenters. The molecule has 0 radical (unpaired) electrons. The summed E-state index contributed by atoms with van der Waals surface area (Å²) in [7, 11) is 0. The first-order chi connectivity index (χ1) is 15.8. The Bertz CT molecular complexity index is 1350. The van der Waals surface area contributed by atoms with E-state index in [9.17, 15) is 4.79 Å². The first-order valence-corrected chi connectivity index (χ1v) is 11.2. The van der Waals surface area contributed by atoms with Gasteiger partial charge >= 0.3 is 0 Å². The molecule has 1 aliphatic carbocycles. The van der Waals surface area contributed by atoms with Crippen LogP contribution in [-0.4, -0.2) is 5.78 Å². The molecule has 0 fully saturated rings. The maximum atomic E-state index is 13.7. The monoisotopic (exact) mass is 416 g/mol. The second kappa shape index (κ2) is 7.69. The molecule has 4 aromatic carbocycles. The van der Waals surface area contributed by atoms with Gasteiger partial charge < -0.3 is 10.6 Å². The summed E-state index contributed by atoms with van der Waals surface area (Å²) < 4.78 is 0. The molecular formula is C29H24N2O. The Morgan fingerprint density at radius 3 is 2.28 bits per heavy atom. The summed E-state index contributed by atoms with van der Waals surface area (Å²) in [5.41, 5.74) is 6.30. The van der Waals surface area contributed by atoms with Crippen molar-refractivity contribution >= 4 is 27.9 Å². The molecule has 3 nitrogen and oxygen atoms in total. The molecule has 0 bridgehead atoms. The zero-order valence-corrected chi connectivity index (χ0v) is 17.7. The number of benzene rings is 4. The van der Waals surface area contributed by atoms with Crippen LogP contribution in [0.5, 0.6) is 0 Å². The molecule has 6 rings (SSSR count). The van der Waals surface area contributed by atoms with Gasteiger partial charge in [-0.1, -0.05) is 84.9 Å². The Morgan fingerprint density at radius 2 is 1.41 bits per heavy atom. The predicted octanol–water partition coefficient (Wildman–Crippen LogP) is 6.82. The van der Waals surface area contributed by atoms with Crippen molar-refractivity contribution in [1.29, 1.82) is 0 Å². The largest absolute Gasteiger partial charge is 0.372 e. The summed E-state index contributed by atoms with van der Waals surface area (Å²) in [4.78, 5) is 13.7. The van der Waals surface area contributed by atoms with Crippen molar-refractivity contribution in [2.75, 3.05) is 10.6 Å². The van der Waals surface area contributed by atoms with E-state index >= 15 is 0 Å². The van der Waals surface area contributed by atoms with Crippen molar-refractivity contribution in [3.8, 4) is 0 Å². The molecule has 3 heteroatoms. The average Bonchev–Trinajstić information content (AvgIpc) is 3.01. The van der Waals surface area contributed by atoms with E-state index in [1.807, 2.05) is 18.2 Å². The Balaban J connectivity index is 1.53. The maximum Gasteiger partial charge on any atom is 0.163 e. The number of fused-ring (bicyclic) bond motifs is 2. The fourth-order valence-corrected chi connectivity index (χ4v) is 5.19. The number of carbonyl (C=O) groups is 1. The summed E-state index contributed by atoms with van der Waals surface area (Å²) in [5.74, 6) is 0.402. The van der Waals surface area contributed by atoms with E-state index < -0.39 is 0 Å². The average molecular weight is 417 g/mol. The van der Waals surface area contributed by atoms with Gasteiger partial charge in [-0.15, -0.1) is 0 Å². The van der Waals surface area contributed by atoms with Crippen LogP contribution >= 0.6 is 0 Å². The first-order valence-electron chi connectivity index (χ1n) is 11.2. The van der Waals surface area contributed by atoms with Crippen LogP contribution in [0, 0.1) is 0 Å². The number of rotatable bonds is 2. The number of para-hydroxylation sites is 2. The molecule has 1 aliphatic heterocycles. The minimum Gasteiger partial charge on any atom is -0.372 e. The standard InChI is InChI=1S/C29H24N2O/c32-27-18-21(19-9-2-1-3-10-19)17-26-28(27)29(31-25-16-7-6-15-24(25)30-26)23-14-8-12-20-11-4-5-13-22(20)23/h1-16,21,29-31H,17-18H2/t21-,29-/m0/s1. The van der Waals surface area contributed by atoms with E-state index in [0.717, 1.165) is 34.6 Å². The zero-order chi connectivity index (χ0) is 21.5. The highest BCUT2D eigenvalue weighted by atomic mass is 16.1. The van der Waals surface area contributed by atoms with Crippen LogP contribution in [0.25, 0.3) is 10.8 Å². The molecule has 2 aliphatic rings. The smallest absolute Gasteiger partial charge is 0.163 e. The number of Topliss-reactive ketones (excluding diaryl/α,β-unsaturated/α-hetero) is 1. The third kappa shape index (κ3) is 3.18. The van der Waals surface area contributed by atoms with Gasteiger partial charge in [0.05, 0.1) is 17.4 Å². The fourth-order valence-electron chi connectivity index (χ4n) is 5.19. The molecule has 156 valence electrons. The number of anilines is 2. The lowest BCUT2D eigenvalue weighted by atomic mass is 9.78. The topological polar surface area (TPSA) is 41.1 Å². The Labute approximate surface area is 187 Å². The molecule has 2 atom stereocenters. The van der Waals surface area contributed by atoms with Gasteiger partial charge in [0, 0.05) is 17.7 Å². The molecule has 0 spiro atoms. The Hall–Kier alpha value is -3.85. The predicted molar refractivity (Wildman–Crippen MR) is 131 cm³/mol. The van der Waals surface area contributed by atoms with Gasteiger partial charge in [-0.05, 0) is 46.4 Å². The van der Waals surface area contributed by atoms with Crippen LogP contribution in [-0.2, 0) is 4.79 Å². The highest BCUT2D eigenvalue weighted by Crippen LogP contribution is 2.45. The third-order valence-corrected chi connectivity index (χ3v) is 6.71. The van der Waals surface area contributed by atoms with Gasteiger partial charge in [-0.25, -0.2) is 0 Å². The van der Waals surface area contributed by atoms with Gasteiger partial charge in [-0.2, -0.15) is 0 Å². The van der Waals surface area contributed by atoms with Crippen molar-refractivity contribution in [2.24, 2.45) is 0 Å². The third-order valence-electron chi connectivity index (χ3n) is 6.71. The summed E-state index contributed by atoms with van der Waals surface area (Å²) in [6.07, 6.45) is 1.35. The van der Waals surface area contributed by atoms with E-state index in [-0.39, 0.29) is 17.7 Å². The van der Waals surface area contributed by atoms with Gasteiger partial charge in [0.25, 0.3) is 0 Å². The maximum absolute atomic E-state index is 13.7. The van der Waals surface area contributed by atoms with Gasteiger partial charge in [0.1, 0.15) is 0 Å². The van der Waals surface area contributed by atoms with Crippen LogP contribution in [0.3, 0.4) is 0 Å². The van der Waals surface area contributed by atoms with E-state index in [1.54, 1.807) is 0 Å². The number of hydrogen-bond acceptors (Lipinski definition) is 3. The number of allylic oxidation sites excluding steroid dienone is 1. The normalized spacial score (nSPS) is 20.1. The van der Waals surface area contributed by atoms with E-state index in [2.05, 4.69) is 89.5 Å². The lowest BCUT2D eigenvalue weighted by Gasteiger charge is -2.30. The first kappa shape index (κ1) is 18.9. The van der Waals surface area contributed by atoms with E-state index in [0.29, 0.717) is 6.42 Å². The van der Waals surface area contributed by atoms with Crippen LogP contribution in [0.1, 0.15) is 35.9 Å². The second-order valence-corrected chi connectivity index (χ2v) is 8.65. The molecule has 4 aromatic rings. The number of ketones is 1. The van der Waals surface area contributed by atoms with E-state index in [4.69, 9.17) is 0 Å². The van der Waals surface area contributed by atoms with E-state index in [1.165, 1.54) is 16.3 Å². The Kier molecular flexibility index (Phi) is 4.53. The second-order valence-electron chi connectivity index (χ2n) is 8.65. The fraction of sp³-hybridized carbons (Fsp3) is 0.138. The summed E-state index contributed by atoms with van der Waals surface area (Å²) in [6, 6.07) is 33.2. The SMILES string of the molecule is O=C1C[C@@H](c2ccccc2)CC2=C1[C@H](c1cccc3ccccc13)Nc1ccccc1N2. The van der Waals surface area contributed by atoms with Crippen LogP contribution in [0.15, 0.2) is 108 Å². The zero-order valence-electron chi connectivity index (χ0n) is 17.7. The molecule has 32 heavy (non-hydrogen) atoms. The minimum atomic E-state index is -0.198. The van der Waals surface area contributed by atoms with Crippen LogP contribution in [0.4, 0.5) is 11.4 Å². The Morgan fingerprint density at radius 1 is 0.688 bits per heavy atom. The lowest BCUT2D eigenvalue weighted by Crippen LogP contribution is -2.27. The molecule has 2 N–H and O–H groups in total. The van der Waals surface area contributed by atoms with Crippen molar-refractivity contribution in [3.05, 3.63) is 119 Å². The lowest BCUT2D eigenvalue weighted by molar-refractivity contribution is -0.116. The van der Waals surface area contributed by atoms with Gasteiger partial charge in [0.2, 0.25) is 0 Å². The highest BCUT2D eigenvalue weighted by Gasteiger charge is 2.36. The summed E-state index contributed by atoms with van der Waals surface area (Å²) in [5, 5.41) is 9.71. The van der Waals surface area contributed by atoms with Crippen LogP contribution in [0.2, 0.25) is 0 Å². The van der Waals surface area contributed by atoms with Crippen molar-refractivity contribution in [1.82, 2.24) is 0 Å². The van der Waals surface area contributed by atoms with Crippen molar-refractivity contribution < 1.29 is 4.79 Å². The molecule has 0 aromatic heterocycles. The summed E-state index contributed by atoms with van der Waals surface area (Å²) in [6.45, 7) is 0. The molecule has 0 saturated carbocycles. The minimum absolute atomic E-state index is 0.188. The van der Waals surface area contributed by atoms with Crippen LogP contribution < -0.4 is 10.6 Å². The molecule has 1 heterocycles. The quantitative estimate of drug-likeness (QED) is 0.377. The van der Waals surface area contributed by atoms with Gasteiger partial charge in [-0.3, -0.25) is 4.79 Å². The summed E-state index contributed by atoms with van der Waals surface area (Å²) >= 11 is 0. The van der Waals surface area contributed by atoms with Gasteiger partial charge in [0.15, 0.2) is 5.78 Å². The molecule has 0 saturated heterocycles. The molecule has 0 amide bonds. The van der Waals surface area contributed by atoms with Crippen molar-refractivity contribution in [2.45, 2.75) is 24.8 Å². The number of carbonyl (C=O) groups excluding carboxylic acids is 1. The number of hydrogen-bond donors (Lipinski definition) is 2.